The summed E-state index contributed by atoms with van der Waals surface area (Å²) in [6.45, 7) is 1.36. The summed E-state index contributed by atoms with van der Waals surface area (Å²) in [5.74, 6) is 0.708. The van der Waals surface area contributed by atoms with Crippen LogP contribution in [0.4, 0.5) is 0 Å². The summed E-state index contributed by atoms with van der Waals surface area (Å²) >= 11 is 0. The third kappa shape index (κ3) is 4.64. The number of ether oxygens (including phenoxy) is 3. The Kier molecular flexibility index (Phi) is 5.39. The van der Waals surface area contributed by atoms with Gasteiger partial charge in [0.25, 0.3) is 0 Å². The maximum atomic E-state index is 11.6. The van der Waals surface area contributed by atoms with Crippen molar-refractivity contribution < 1.29 is 23.8 Å². The second-order valence-electron chi connectivity index (χ2n) is 4.48. The molecule has 7 nitrogen and oxygen atoms in total. The van der Waals surface area contributed by atoms with E-state index in [1.54, 1.807) is 19.2 Å². The fourth-order valence-electron chi connectivity index (χ4n) is 1.81. The minimum absolute atomic E-state index is 0.200. The lowest BCUT2D eigenvalue weighted by Crippen LogP contribution is -2.33. The summed E-state index contributed by atoms with van der Waals surface area (Å²) in [5.41, 5.74) is 0.882. The van der Waals surface area contributed by atoms with E-state index in [2.05, 4.69) is 10.6 Å². The Labute approximate surface area is 122 Å². The zero-order chi connectivity index (χ0) is 15.1. The molecule has 0 fully saturated rings. The summed E-state index contributed by atoms with van der Waals surface area (Å²) in [7, 11) is 1.55. The van der Waals surface area contributed by atoms with Crippen molar-refractivity contribution in [2.75, 3.05) is 27.1 Å². The standard InChI is InChI=1S/C14H18N2O5/c1-19-5-4-15-13(17)7-14(18)16-8-10-2-3-11-12(6-10)21-9-20-11/h2-3,6H,4-5,7-9H2,1H3,(H,15,17)(H,16,18). The van der Waals surface area contributed by atoms with Gasteiger partial charge < -0.3 is 24.8 Å². The Morgan fingerprint density at radius 1 is 1.19 bits per heavy atom. The molecule has 0 saturated heterocycles. The van der Waals surface area contributed by atoms with Gasteiger partial charge in [-0.3, -0.25) is 9.59 Å². The van der Waals surface area contributed by atoms with Crippen LogP contribution in [0.5, 0.6) is 11.5 Å². The van der Waals surface area contributed by atoms with Crippen molar-refractivity contribution in [2.45, 2.75) is 13.0 Å². The minimum atomic E-state index is -0.331. The van der Waals surface area contributed by atoms with Crippen LogP contribution in [0, 0.1) is 0 Å². The van der Waals surface area contributed by atoms with Gasteiger partial charge >= 0.3 is 0 Å². The van der Waals surface area contributed by atoms with Gasteiger partial charge in [0.2, 0.25) is 18.6 Å². The number of hydrogen-bond donors (Lipinski definition) is 2. The van der Waals surface area contributed by atoms with Gasteiger partial charge in [0.05, 0.1) is 6.61 Å². The van der Waals surface area contributed by atoms with Crippen LogP contribution in [0.25, 0.3) is 0 Å². The monoisotopic (exact) mass is 294 g/mol. The molecule has 1 aliphatic rings. The van der Waals surface area contributed by atoms with Crippen LogP contribution < -0.4 is 20.1 Å². The predicted octanol–water partition coefficient (Wildman–Crippen LogP) is 0.184. The molecular weight excluding hydrogens is 276 g/mol. The van der Waals surface area contributed by atoms with Gasteiger partial charge in [-0.15, -0.1) is 0 Å². The molecule has 0 unspecified atom stereocenters. The van der Waals surface area contributed by atoms with E-state index in [-0.39, 0.29) is 25.0 Å². The molecule has 0 aromatic heterocycles. The molecule has 114 valence electrons. The largest absolute Gasteiger partial charge is 0.454 e. The van der Waals surface area contributed by atoms with Gasteiger partial charge in [-0.05, 0) is 17.7 Å². The number of hydrogen-bond acceptors (Lipinski definition) is 5. The Morgan fingerprint density at radius 2 is 1.95 bits per heavy atom. The first-order valence-corrected chi connectivity index (χ1v) is 6.60. The van der Waals surface area contributed by atoms with Gasteiger partial charge in [0, 0.05) is 20.2 Å². The molecule has 1 aromatic rings. The van der Waals surface area contributed by atoms with Crippen LogP contribution >= 0.6 is 0 Å². The Bertz CT molecular complexity index is 518. The summed E-state index contributed by atoms with van der Waals surface area (Å²) in [6, 6.07) is 5.44. The van der Waals surface area contributed by atoms with Crippen LogP contribution in [0.2, 0.25) is 0 Å². The fourth-order valence-corrected chi connectivity index (χ4v) is 1.81. The Morgan fingerprint density at radius 3 is 2.76 bits per heavy atom. The zero-order valence-corrected chi connectivity index (χ0v) is 11.8. The minimum Gasteiger partial charge on any atom is -0.454 e. The summed E-state index contributed by atoms with van der Waals surface area (Å²) in [5, 5.41) is 5.27. The van der Waals surface area contributed by atoms with E-state index in [0.717, 1.165) is 5.56 Å². The zero-order valence-electron chi connectivity index (χ0n) is 11.8. The number of amides is 2. The highest BCUT2D eigenvalue weighted by atomic mass is 16.7. The highest BCUT2D eigenvalue weighted by Gasteiger charge is 2.14. The van der Waals surface area contributed by atoms with Crippen molar-refractivity contribution in [3.8, 4) is 11.5 Å². The second kappa shape index (κ2) is 7.49. The quantitative estimate of drug-likeness (QED) is 0.553. The number of rotatable bonds is 7. The molecule has 1 aliphatic heterocycles. The molecule has 0 bridgehead atoms. The lowest BCUT2D eigenvalue weighted by atomic mass is 10.2. The molecule has 0 aliphatic carbocycles. The molecule has 0 atom stereocenters. The second-order valence-corrected chi connectivity index (χ2v) is 4.48. The molecule has 1 heterocycles. The third-order valence-electron chi connectivity index (χ3n) is 2.88. The highest BCUT2D eigenvalue weighted by molar-refractivity contribution is 5.96. The van der Waals surface area contributed by atoms with Crippen LogP contribution in [0.15, 0.2) is 18.2 Å². The maximum Gasteiger partial charge on any atom is 0.231 e. The number of fused-ring (bicyclic) bond motifs is 1. The lowest BCUT2D eigenvalue weighted by molar-refractivity contribution is -0.129. The first-order chi connectivity index (χ1) is 10.2. The van der Waals surface area contributed by atoms with Gasteiger partial charge in [-0.1, -0.05) is 6.07 Å². The molecule has 0 spiro atoms. The first-order valence-electron chi connectivity index (χ1n) is 6.60. The van der Waals surface area contributed by atoms with Gasteiger partial charge in [0.15, 0.2) is 11.5 Å². The van der Waals surface area contributed by atoms with Gasteiger partial charge in [-0.2, -0.15) is 0 Å². The number of carbonyl (C=O) groups is 2. The van der Waals surface area contributed by atoms with Crippen LogP contribution in [0.1, 0.15) is 12.0 Å². The SMILES string of the molecule is COCCNC(=O)CC(=O)NCc1ccc2c(c1)OCO2. The van der Waals surface area contributed by atoms with Gasteiger partial charge in [-0.25, -0.2) is 0 Å². The molecule has 2 rings (SSSR count). The molecule has 2 N–H and O–H groups in total. The molecular formula is C14H18N2O5. The van der Waals surface area contributed by atoms with E-state index in [1.807, 2.05) is 6.07 Å². The maximum absolute atomic E-state index is 11.6. The number of benzene rings is 1. The highest BCUT2D eigenvalue weighted by Crippen LogP contribution is 2.32. The van der Waals surface area contributed by atoms with E-state index < -0.39 is 0 Å². The van der Waals surface area contributed by atoms with Crippen LogP contribution in [0.3, 0.4) is 0 Å². The van der Waals surface area contributed by atoms with Crippen molar-refractivity contribution in [1.82, 2.24) is 10.6 Å². The van der Waals surface area contributed by atoms with Crippen LogP contribution in [-0.4, -0.2) is 38.9 Å². The topological polar surface area (TPSA) is 85.9 Å². The normalized spacial score (nSPS) is 12.0. The third-order valence-corrected chi connectivity index (χ3v) is 2.88. The molecule has 2 amide bonds. The van der Waals surface area contributed by atoms with Crippen LogP contribution in [-0.2, 0) is 20.9 Å². The summed E-state index contributed by atoms with van der Waals surface area (Å²) < 4.78 is 15.3. The Balaban J connectivity index is 1.72. The van der Waals surface area contributed by atoms with Gasteiger partial charge in [0.1, 0.15) is 6.42 Å². The van der Waals surface area contributed by atoms with E-state index in [4.69, 9.17) is 14.2 Å². The molecule has 1 aromatic carbocycles. The molecule has 7 heteroatoms. The van der Waals surface area contributed by atoms with Crippen molar-refractivity contribution in [3.05, 3.63) is 23.8 Å². The van der Waals surface area contributed by atoms with E-state index >= 15 is 0 Å². The van der Waals surface area contributed by atoms with Crippen molar-refractivity contribution in [3.63, 3.8) is 0 Å². The number of carbonyl (C=O) groups excluding carboxylic acids is 2. The van der Waals surface area contributed by atoms with Crippen molar-refractivity contribution in [1.29, 1.82) is 0 Å². The molecule has 0 radical (unpaired) electrons. The van der Waals surface area contributed by atoms with E-state index in [9.17, 15) is 9.59 Å². The molecule has 21 heavy (non-hydrogen) atoms. The summed E-state index contributed by atoms with van der Waals surface area (Å²) in [4.78, 5) is 23.1. The smallest absolute Gasteiger partial charge is 0.231 e. The Hall–Kier alpha value is -2.28. The van der Waals surface area contributed by atoms with Crippen molar-refractivity contribution >= 4 is 11.8 Å². The number of nitrogens with one attached hydrogen (secondary N) is 2. The average molecular weight is 294 g/mol. The fraction of sp³-hybridized carbons (Fsp3) is 0.429. The van der Waals surface area contributed by atoms with E-state index in [1.165, 1.54) is 0 Å². The van der Waals surface area contributed by atoms with Crippen molar-refractivity contribution in [2.24, 2.45) is 0 Å². The first kappa shape index (κ1) is 15.1. The lowest BCUT2D eigenvalue weighted by Gasteiger charge is -2.07. The number of methoxy groups -OCH3 is 1. The average Bonchev–Trinajstić information content (AvgIpc) is 2.93. The van der Waals surface area contributed by atoms with E-state index in [0.29, 0.717) is 31.2 Å². The molecule has 0 saturated carbocycles. The summed E-state index contributed by atoms with van der Waals surface area (Å²) in [6.07, 6.45) is -0.200. The predicted molar refractivity (Wildman–Crippen MR) is 73.9 cm³/mol.